The maximum Gasteiger partial charge on any atom is 0.405 e. The molecular formula is C13H19NO4. The Bertz CT molecular complexity index is 373. The number of carbonyl (C=O) groups is 1. The number of hydrogen-bond acceptors (Lipinski definition) is 3. The van der Waals surface area contributed by atoms with Crippen LogP contribution in [0.4, 0.5) is 4.79 Å². The number of rotatable bonds is 6. The summed E-state index contributed by atoms with van der Waals surface area (Å²) in [6.45, 7) is 2.00. The molecule has 1 unspecified atom stereocenters. The van der Waals surface area contributed by atoms with Crippen molar-refractivity contribution in [2.24, 2.45) is 0 Å². The van der Waals surface area contributed by atoms with E-state index in [4.69, 9.17) is 14.6 Å². The van der Waals surface area contributed by atoms with E-state index in [9.17, 15) is 4.79 Å². The monoisotopic (exact) mass is 253 g/mol. The molecule has 0 spiro atoms. The molecule has 5 nitrogen and oxygen atoms in total. The van der Waals surface area contributed by atoms with Gasteiger partial charge in [-0.2, -0.15) is 0 Å². The molecule has 0 heterocycles. The summed E-state index contributed by atoms with van der Waals surface area (Å²) in [4.78, 5) is 10.8. The number of benzene rings is 1. The van der Waals surface area contributed by atoms with Crippen LogP contribution in [0, 0.1) is 6.92 Å². The van der Waals surface area contributed by atoms with Crippen molar-refractivity contribution >= 4 is 6.09 Å². The molecule has 0 aliphatic heterocycles. The first kappa shape index (κ1) is 14.5. The third kappa shape index (κ3) is 4.35. The van der Waals surface area contributed by atoms with Gasteiger partial charge in [0.15, 0.2) is 6.29 Å². The Balaban J connectivity index is 2.76. The number of carboxylic acid groups (broad SMARTS) is 1. The van der Waals surface area contributed by atoms with E-state index in [1.165, 1.54) is 14.2 Å². The largest absolute Gasteiger partial charge is 0.465 e. The maximum atomic E-state index is 10.8. The van der Waals surface area contributed by atoms with Crippen molar-refractivity contribution in [1.82, 2.24) is 5.32 Å². The summed E-state index contributed by atoms with van der Waals surface area (Å²) in [6, 6.07) is 7.46. The average Bonchev–Trinajstić information content (AvgIpc) is 2.33. The van der Waals surface area contributed by atoms with Crippen molar-refractivity contribution in [1.29, 1.82) is 0 Å². The SMILES string of the molecule is COC(OC)C(Cc1ccc(C)cc1)NC(=O)O. The summed E-state index contributed by atoms with van der Waals surface area (Å²) < 4.78 is 10.2. The Morgan fingerprint density at radius 1 is 1.28 bits per heavy atom. The highest BCUT2D eigenvalue weighted by molar-refractivity contribution is 5.65. The van der Waals surface area contributed by atoms with E-state index in [-0.39, 0.29) is 0 Å². The van der Waals surface area contributed by atoms with Crippen molar-refractivity contribution in [2.45, 2.75) is 25.7 Å². The molecule has 0 aliphatic rings. The number of amides is 1. The third-order valence-electron chi connectivity index (χ3n) is 2.68. The van der Waals surface area contributed by atoms with Crippen LogP contribution >= 0.6 is 0 Å². The van der Waals surface area contributed by atoms with Gasteiger partial charge in [-0.3, -0.25) is 0 Å². The molecule has 2 N–H and O–H groups in total. The summed E-state index contributed by atoms with van der Waals surface area (Å²) in [6.07, 6.45) is -1.19. The van der Waals surface area contributed by atoms with Crippen LogP contribution in [-0.4, -0.2) is 37.8 Å². The minimum Gasteiger partial charge on any atom is -0.465 e. The van der Waals surface area contributed by atoms with Gasteiger partial charge in [0.05, 0.1) is 6.04 Å². The fraction of sp³-hybridized carbons (Fsp3) is 0.462. The molecule has 0 saturated heterocycles. The molecule has 5 heteroatoms. The second-order valence-corrected chi connectivity index (χ2v) is 4.09. The van der Waals surface area contributed by atoms with Crippen molar-refractivity contribution in [3.63, 3.8) is 0 Å². The number of nitrogens with one attached hydrogen (secondary N) is 1. The van der Waals surface area contributed by atoms with Gasteiger partial charge in [-0.25, -0.2) is 4.79 Å². The van der Waals surface area contributed by atoms with E-state index in [0.717, 1.165) is 11.1 Å². The Morgan fingerprint density at radius 2 is 1.83 bits per heavy atom. The Labute approximate surface area is 107 Å². The van der Waals surface area contributed by atoms with Crippen molar-refractivity contribution in [2.75, 3.05) is 14.2 Å². The van der Waals surface area contributed by atoms with Gasteiger partial charge in [-0.1, -0.05) is 29.8 Å². The first-order chi connectivity index (χ1) is 8.56. The van der Waals surface area contributed by atoms with Gasteiger partial charge in [-0.15, -0.1) is 0 Å². The van der Waals surface area contributed by atoms with Crippen molar-refractivity contribution < 1.29 is 19.4 Å². The molecule has 1 rings (SSSR count). The summed E-state index contributed by atoms with van der Waals surface area (Å²) >= 11 is 0. The molecule has 0 aromatic heterocycles. The molecule has 1 atom stereocenters. The van der Waals surface area contributed by atoms with Gasteiger partial charge in [-0.05, 0) is 18.9 Å². The zero-order chi connectivity index (χ0) is 13.5. The summed E-state index contributed by atoms with van der Waals surface area (Å²) in [5.74, 6) is 0. The molecule has 100 valence electrons. The standard InChI is InChI=1S/C13H19NO4/c1-9-4-6-10(7-5-9)8-11(14-13(15)16)12(17-2)18-3/h4-7,11-12,14H,8H2,1-3H3,(H,15,16). The van der Waals surface area contributed by atoms with E-state index in [0.29, 0.717) is 6.42 Å². The van der Waals surface area contributed by atoms with Crippen LogP contribution in [0.3, 0.4) is 0 Å². The zero-order valence-electron chi connectivity index (χ0n) is 10.8. The molecule has 18 heavy (non-hydrogen) atoms. The third-order valence-corrected chi connectivity index (χ3v) is 2.68. The van der Waals surface area contributed by atoms with Crippen molar-refractivity contribution in [3.05, 3.63) is 35.4 Å². The summed E-state index contributed by atoms with van der Waals surface area (Å²) in [7, 11) is 2.97. The lowest BCUT2D eigenvalue weighted by Crippen LogP contribution is -2.46. The lowest BCUT2D eigenvalue weighted by Gasteiger charge is -2.24. The normalized spacial score (nSPS) is 12.4. The molecule has 0 fully saturated rings. The fourth-order valence-corrected chi connectivity index (χ4v) is 1.78. The predicted molar refractivity (Wildman–Crippen MR) is 67.6 cm³/mol. The molecule has 0 aliphatic carbocycles. The Kier molecular flexibility index (Phi) is 5.61. The first-order valence-corrected chi connectivity index (χ1v) is 5.67. The molecule has 0 radical (unpaired) electrons. The lowest BCUT2D eigenvalue weighted by atomic mass is 10.0. The minimum atomic E-state index is -1.09. The van der Waals surface area contributed by atoms with Crippen LogP contribution < -0.4 is 5.32 Å². The number of hydrogen-bond donors (Lipinski definition) is 2. The summed E-state index contributed by atoms with van der Waals surface area (Å²) in [5, 5.41) is 11.2. The van der Waals surface area contributed by atoms with Crippen LogP contribution in [0.25, 0.3) is 0 Å². The lowest BCUT2D eigenvalue weighted by molar-refractivity contribution is -0.121. The van der Waals surface area contributed by atoms with Crippen LogP contribution in [-0.2, 0) is 15.9 Å². The Hall–Kier alpha value is -1.59. The van der Waals surface area contributed by atoms with Crippen LogP contribution in [0.1, 0.15) is 11.1 Å². The van der Waals surface area contributed by atoms with Crippen LogP contribution in [0.2, 0.25) is 0 Å². The van der Waals surface area contributed by atoms with Crippen LogP contribution in [0.15, 0.2) is 24.3 Å². The molecule has 1 amide bonds. The molecule has 0 bridgehead atoms. The maximum absolute atomic E-state index is 10.8. The molecule has 0 saturated carbocycles. The highest BCUT2D eigenvalue weighted by atomic mass is 16.7. The highest BCUT2D eigenvalue weighted by Gasteiger charge is 2.23. The molecule has 1 aromatic carbocycles. The van der Waals surface area contributed by atoms with Crippen LogP contribution in [0.5, 0.6) is 0 Å². The predicted octanol–water partition coefficient (Wildman–Crippen LogP) is 1.79. The second kappa shape index (κ2) is 6.98. The number of ether oxygens (including phenoxy) is 2. The fourth-order valence-electron chi connectivity index (χ4n) is 1.78. The quantitative estimate of drug-likeness (QED) is 0.758. The zero-order valence-corrected chi connectivity index (χ0v) is 10.8. The van der Waals surface area contributed by atoms with Crippen molar-refractivity contribution in [3.8, 4) is 0 Å². The van der Waals surface area contributed by atoms with E-state index in [1.54, 1.807) is 0 Å². The van der Waals surface area contributed by atoms with Gasteiger partial charge < -0.3 is 19.9 Å². The van der Waals surface area contributed by atoms with Gasteiger partial charge in [0, 0.05) is 14.2 Å². The average molecular weight is 253 g/mol. The van der Waals surface area contributed by atoms with E-state index < -0.39 is 18.4 Å². The number of methoxy groups -OCH3 is 2. The van der Waals surface area contributed by atoms with Gasteiger partial charge in [0.2, 0.25) is 0 Å². The van der Waals surface area contributed by atoms with Gasteiger partial charge >= 0.3 is 6.09 Å². The van der Waals surface area contributed by atoms with E-state index >= 15 is 0 Å². The smallest absolute Gasteiger partial charge is 0.405 e. The first-order valence-electron chi connectivity index (χ1n) is 5.67. The topological polar surface area (TPSA) is 67.8 Å². The van der Waals surface area contributed by atoms with E-state index in [1.807, 2.05) is 31.2 Å². The van der Waals surface area contributed by atoms with E-state index in [2.05, 4.69) is 5.32 Å². The summed E-state index contributed by atoms with van der Waals surface area (Å²) in [5.41, 5.74) is 2.19. The number of aryl methyl sites for hydroxylation is 1. The van der Waals surface area contributed by atoms with Gasteiger partial charge in [0.25, 0.3) is 0 Å². The minimum absolute atomic E-state index is 0.444. The second-order valence-electron chi connectivity index (χ2n) is 4.09. The highest BCUT2D eigenvalue weighted by Crippen LogP contribution is 2.10. The molecule has 1 aromatic rings. The Morgan fingerprint density at radius 3 is 2.28 bits per heavy atom. The molecular weight excluding hydrogens is 234 g/mol. The van der Waals surface area contributed by atoms with Gasteiger partial charge in [0.1, 0.15) is 0 Å².